The van der Waals surface area contributed by atoms with Gasteiger partial charge in [0.15, 0.2) is 6.10 Å². The van der Waals surface area contributed by atoms with Gasteiger partial charge in [0, 0.05) is 13.0 Å². The number of carbonyl (C=O) groups excluding carboxylic acids is 1. The summed E-state index contributed by atoms with van der Waals surface area (Å²) in [6.45, 7) is 1.81. The van der Waals surface area contributed by atoms with Crippen LogP contribution in [0.3, 0.4) is 0 Å². The lowest BCUT2D eigenvalue weighted by Gasteiger charge is -2.33. The van der Waals surface area contributed by atoms with Crippen molar-refractivity contribution >= 4 is 5.91 Å². The molecule has 122 valence electrons. The highest BCUT2D eigenvalue weighted by Gasteiger charge is 2.44. The lowest BCUT2D eigenvalue weighted by molar-refractivity contribution is -0.236. The Bertz CT molecular complexity index is 499. The van der Waals surface area contributed by atoms with E-state index in [4.69, 9.17) is 4.74 Å². The average molecular weight is 315 g/mol. The quantitative estimate of drug-likeness (QED) is 0.855. The van der Waals surface area contributed by atoms with Crippen LogP contribution in [0.1, 0.15) is 24.5 Å². The Morgan fingerprint density at radius 3 is 2.50 bits per heavy atom. The molecule has 0 N–H and O–H groups in total. The van der Waals surface area contributed by atoms with Gasteiger partial charge in [0.2, 0.25) is 5.91 Å². The smallest absolute Gasteiger partial charge is 0.365 e. The van der Waals surface area contributed by atoms with E-state index in [9.17, 15) is 18.0 Å². The van der Waals surface area contributed by atoms with Crippen molar-refractivity contribution < 1.29 is 22.7 Å². The van der Waals surface area contributed by atoms with Crippen LogP contribution in [0.4, 0.5) is 13.2 Å². The number of hydrogen-bond acceptors (Lipinski definition) is 2. The molecule has 1 atom stereocenters. The molecule has 6 heteroatoms. The minimum absolute atomic E-state index is 0.0683. The van der Waals surface area contributed by atoms with Crippen molar-refractivity contribution in [3.63, 3.8) is 0 Å². The van der Waals surface area contributed by atoms with E-state index in [1.807, 2.05) is 24.3 Å². The number of benzene rings is 1. The highest BCUT2D eigenvalue weighted by molar-refractivity contribution is 5.76. The number of ether oxygens (including phenoxy) is 1. The molecule has 0 saturated carbocycles. The van der Waals surface area contributed by atoms with Crippen LogP contribution in [0, 0.1) is 0 Å². The second kappa shape index (κ2) is 7.13. The molecule has 2 rings (SSSR count). The summed E-state index contributed by atoms with van der Waals surface area (Å²) in [6.07, 6.45) is -4.58. The lowest BCUT2D eigenvalue weighted by Crippen LogP contribution is -2.51. The number of amides is 1. The van der Waals surface area contributed by atoms with Crippen LogP contribution < -0.4 is 0 Å². The van der Waals surface area contributed by atoms with Gasteiger partial charge in [-0.3, -0.25) is 4.79 Å². The molecule has 0 spiro atoms. The van der Waals surface area contributed by atoms with Gasteiger partial charge in [-0.05, 0) is 24.0 Å². The molecular weight excluding hydrogens is 295 g/mol. The molecule has 1 saturated heterocycles. The summed E-state index contributed by atoms with van der Waals surface area (Å²) in [5.41, 5.74) is 2.24. The molecule has 1 aliphatic heterocycles. The Labute approximate surface area is 128 Å². The van der Waals surface area contributed by atoms with Crippen molar-refractivity contribution in [3.8, 4) is 0 Å². The summed E-state index contributed by atoms with van der Waals surface area (Å²) in [4.78, 5) is 13.3. The molecule has 0 aliphatic carbocycles. The minimum Gasteiger partial charge on any atom is -0.365 e. The first-order valence-electron chi connectivity index (χ1n) is 7.44. The van der Waals surface area contributed by atoms with Crippen molar-refractivity contribution in [3.05, 3.63) is 35.4 Å². The van der Waals surface area contributed by atoms with Crippen molar-refractivity contribution in [1.82, 2.24) is 4.90 Å². The van der Waals surface area contributed by atoms with E-state index in [-0.39, 0.29) is 25.5 Å². The Kier molecular flexibility index (Phi) is 5.45. The van der Waals surface area contributed by atoms with E-state index < -0.39 is 18.8 Å². The largest absolute Gasteiger partial charge is 0.416 e. The maximum absolute atomic E-state index is 12.6. The SMILES string of the molecule is CCc1ccc(CCC(=O)N2CCO[C@H](C(F)(F)F)C2)cc1. The van der Waals surface area contributed by atoms with Crippen molar-refractivity contribution in [2.24, 2.45) is 0 Å². The van der Waals surface area contributed by atoms with Crippen LogP contribution in [0.15, 0.2) is 24.3 Å². The molecule has 1 amide bonds. The molecule has 22 heavy (non-hydrogen) atoms. The zero-order valence-electron chi connectivity index (χ0n) is 12.5. The van der Waals surface area contributed by atoms with Gasteiger partial charge in [0.05, 0.1) is 13.2 Å². The Morgan fingerprint density at radius 1 is 1.27 bits per heavy atom. The summed E-state index contributed by atoms with van der Waals surface area (Å²) in [5.74, 6) is -0.253. The van der Waals surface area contributed by atoms with E-state index >= 15 is 0 Å². The number of hydrogen-bond donors (Lipinski definition) is 0. The standard InChI is InChI=1S/C16H20F3NO2/c1-2-12-3-5-13(6-4-12)7-8-15(21)20-9-10-22-14(11-20)16(17,18)19/h3-6,14H,2,7-11H2,1H3/t14-/m0/s1. The maximum atomic E-state index is 12.6. The third kappa shape index (κ3) is 4.47. The molecule has 3 nitrogen and oxygen atoms in total. The third-order valence-corrected chi connectivity index (χ3v) is 3.84. The average Bonchev–Trinajstić information content (AvgIpc) is 2.52. The zero-order valence-corrected chi connectivity index (χ0v) is 12.5. The zero-order chi connectivity index (χ0) is 16.2. The fourth-order valence-corrected chi connectivity index (χ4v) is 2.42. The molecule has 1 aliphatic rings. The Morgan fingerprint density at radius 2 is 1.91 bits per heavy atom. The fourth-order valence-electron chi connectivity index (χ4n) is 2.42. The van der Waals surface area contributed by atoms with Crippen LogP contribution in [-0.4, -0.2) is 42.8 Å². The molecule has 1 heterocycles. The topological polar surface area (TPSA) is 29.5 Å². The first-order valence-corrected chi connectivity index (χ1v) is 7.44. The van der Waals surface area contributed by atoms with Gasteiger partial charge in [-0.2, -0.15) is 13.2 Å². The van der Waals surface area contributed by atoms with Crippen LogP contribution in [0.25, 0.3) is 0 Å². The van der Waals surface area contributed by atoms with Gasteiger partial charge in [-0.1, -0.05) is 31.2 Å². The lowest BCUT2D eigenvalue weighted by atomic mass is 10.1. The summed E-state index contributed by atoms with van der Waals surface area (Å²) >= 11 is 0. The van der Waals surface area contributed by atoms with Gasteiger partial charge in [-0.25, -0.2) is 0 Å². The number of carbonyl (C=O) groups is 1. The monoisotopic (exact) mass is 315 g/mol. The first kappa shape index (κ1) is 16.8. The summed E-state index contributed by atoms with van der Waals surface area (Å²) in [5, 5.41) is 0. The van der Waals surface area contributed by atoms with Crippen LogP contribution in [-0.2, 0) is 22.4 Å². The van der Waals surface area contributed by atoms with E-state index in [1.54, 1.807) is 0 Å². The van der Waals surface area contributed by atoms with Gasteiger partial charge < -0.3 is 9.64 Å². The van der Waals surface area contributed by atoms with Crippen molar-refractivity contribution in [2.45, 2.75) is 38.5 Å². The summed E-state index contributed by atoms with van der Waals surface area (Å²) in [7, 11) is 0. The predicted octanol–water partition coefficient (Wildman–Crippen LogP) is 2.97. The molecule has 0 unspecified atom stereocenters. The molecule has 0 bridgehead atoms. The highest BCUT2D eigenvalue weighted by atomic mass is 19.4. The van der Waals surface area contributed by atoms with Gasteiger partial charge in [0.25, 0.3) is 0 Å². The van der Waals surface area contributed by atoms with Crippen molar-refractivity contribution in [2.75, 3.05) is 19.7 Å². The number of rotatable bonds is 4. The second-order valence-electron chi connectivity index (χ2n) is 5.41. The molecule has 1 aromatic rings. The van der Waals surface area contributed by atoms with Crippen LogP contribution >= 0.6 is 0 Å². The molecule has 0 aromatic heterocycles. The predicted molar refractivity (Wildman–Crippen MR) is 76.5 cm³/mol. The van der Waals surface area contributed by atoms with Gasteiger partial charge in [-0.15, -0.1) is 0 Å². The number of aryl methyl sites for hydroxylation is 2. The van der Waals surface area contributed by atoms with E-state index in [0.29, 0.717) is 6.42 Å². The number of nitrogens with zero attached hydrogens (tertiary/aromatic N) is 1. The Hall–Kier alpha value is -1.56. The minimum atomic E-state index is -4.42. The van der Waals surface area contributed by atoms with E-state index in [1.165, 1.54) is 10.5 Å². The van der Waals surface area contributed by atoms with Crippen LogP contribution in [0.2, 0.25) is 0 Å². The fraction of sp³-hybridized carbons (Fsp3) is 0.562. The van der Waals surface area contributed by atoms with Gasteiger partial charge in [0.1, 0.15) is 0 Å². The molecule has 1 fully saturated rings. The number of morpholine rings is 1. The number of alkyl halides is 3. The second-order valence-corrected chi connectivity index (χ2v) is 5.41. The maximum Gasteiger partial charge on any atom is 0.416 e. The Balaban J connectivity index is 1.86. The van der Waals surface area contributed by atoms with Crippen LogP contribution in [0.5, 0.6) is 0 Å². The first-order chi connectivity index (χ1) is 10.4. The normalized spacial score (nSPS) is 19.3. The summed E-state index contributed by atoms with van der Waals surface area (Å²) in [6, 6.07) is 7.94. The highest BCUT2D eigenvalue weighted by Crippen LogP contribution is 2.26. The molecule has 1 aromatic carbocycles. The van der Waals surface area contributed by atoms with E-state index in [2.05, 4.69) is 6.92 Å². The number of halogens is 3. The van der Waals surface area contributed by atoms with Gasteiger partial charge >= 0.3 is 6.18 Å². The molecule has 0 radical (unpaired) electrons. The van der Waals surface area contributed by atoms with Crippen molar-refractivity contribution in [1.29, 1.82) is 0 Å². The molecular formula is C16H20F3NO2. The third-order valence-electron chi connectivity index (χ3n) is 3.84. The van der Waals surface area contributed by atoms with E-state index in [0.717, 1.165) is 12.0 Å². The summed E-state index contributed by atoms with van der Waals surface area (Å²) < 4.78 is 42.6.